The van der Waals surface area contributed by atoms with Gasteiger partial charge in [-0.05, 0) is 122 Å². The summed E-state index contributed by atoms with van der Waals surface area (Å²) in [7, 11) is 5.28. The average Bonchev–Trinajstić information content (AvgIpc) is 1.46. The van der Waals surface area contributed by atoms with Crippen molar-refractivity contribution in [3.05, 3.63) is 39.8 Å². The van der Waals surface area contributed by atoms with Crippen LogP contribution in [0.3, 0.4) is 0 Å². The molecule has 0 radical (unpaired) electrons. The maximum Gasteiger partial charge on any atom is 0.306 e. The first-order valence-corrected chi connectivity index (χ1v) is 42.1. The fourth-order valence-electron chi connectivity index (χ4n) is 12.1. The van der Waals surface area contributed by atoms with Crippen LogP contribution in [0.2, 0.25) is 0 Å². The summed E-state index contributed by atoms with van der Waals surface area (Å²) in [5, 5.41) is 33.5. The number of esters is 1. The lowest BCUT2D eigenvalue weighted by molar-refractivity contribution is -0.150. The maximum atomic E-state index is 14.7. The molecule has 648 valence electrons. The summed E-state index contributed by atoms with van der Waals surface area (Å²) in [4.78, 5) is 155. The third-order valence-corrected chi connectivity index (χ3v) is 21.5. The molecule has 1 aromatic heterocycles. The second-order valence-corrected chi connectivity index (χ2v) is 31.1. The number of phenolic OH excluding ortho intramolecular Hbond substituents is 1. The van der Waals surface area contributed by atoms with Gasteiger partial charge in [0.25, 0.3) is 5.91 Å². The number of likely N-dealkylation sites (N-methyl/N-ethyl adjacent to an activating group) is 1. The van der Waals surface area contributed by atoms with Crippen LogP contribution in [-0.4, -0.2) is 296 Å². The fraction of sp³-hybridized carbons (Fsp3) is 0.750. The molecule has 7 amide bonds. The van der Waals surface area contributed by atoms with Gasteiger partial charge in [-0.25, -0.2) is 4.98 Å². The van der Waals surface area contributed by atoms with Crippen molar-refractivity contribution in [1.29, 1.82) is 0 Å². The molecular weight excluding hydrogens is 1520 g/mol. The van der Waals surface area contributed by atoms with Gasteiger partial charge in [-0.2, -0.15) is 11.8 Å². The highest BCUT2D eigenvalue weighted by Gasteiger charge is 2.41. The molecule has 0 aliphatic carbocycles. The minimum Gasteiger partial charge on any atom is -0.506 e. The van der Waals surface area contributed by atoms with E-state index in [1.807, 2.05) is 67.5 Å². The normalized spacial score (nSPS) is 15.0. The van der Waals surface area contributed by atoms with Crippen LogP contribution in [0.5, 0.6) is 5.75 Å². The molecule has 2 aromatic rings. The number of imide groups is 1. The van der Waals surface area contributed by atoms with Crippen molar-refractivity contribution in [1.82, 2.24) is 35.6 Å². The van der Waals surface area contributed by atoms with Gasteiger partial charge in [0.1, 0.15) is 23.1 Å². The van der Waals surface area contributed by atoms with E-state index in [0.29, 0.717) is 142 Å². The maximum absolute atomic E-state index is 14.7. The zero-order chi connectivity index (χ0) is 84.4. The minimum absolute atomic E-state index is 0.000979. The van der Waals surface area contributed by atoms with Crippen molar-refractivity contribution in [3.63, 3.8) is 0 Å². The highest BCUT2D eigenvalue weighted by Crippen LogP contribution is 2.35. The van der Waals surface area contributed by atoms with Crippen molar-refractivity contribution < 1.29 is 115 Å². The number of carbonyl (C=O) groups is 11. The second kappa shape index (κ2) is 58.2. The summed E-state index contributed by atoms with van der Waals surface area (Å²) in [6.45, 7) is 24.2. The number of likely N-dealkylation sites (tertiary alicyclic amines) is 1. The Labute approximate surface area is 681 Å². The number of thiazole rings is 1. The zero-order valence-electron chi connectivity index (χ0n) is 69.6. The number of ether oxygens (including phenoxy) is 11. The monoisotopic (exact) mass is 1650 g/mol. The molecule has 3 rings (SSSR count). The number of methoxy groups -OCH3 is 1. The predicted molar refractivity (Wildman–Crippen MR) is 430 cm³/mol. The molecule has 0 spiro atoms. The standard InChI is InChI=1S/C80H132N8O24S2/c1-14-56(5)61(50-70(92)80(8,9)86(10)11)77(98)87(15-2)65(55(3)4)51-68(112-58(7)89)76-85-64(54-114-76)75(97)82-60(47-57(6)79(100)101)48-59-25-26-67(91)63(49-59)84-71(93)23-17-16-22-66(90)62(83-72(94)24-20-28-88-74(96)52-69(113-13)78(88)99)21-18-19-27-81-73(95)53-111-46-45-110-44-43-109-42-41-108-40-39-107-38-37-106-36-35-105-34-33-104-32-31-103-30-29-102-12/h25-26,49,54-57,60-62,65,68-69,91H,14-24,27-48,50-53H2,1-13H3,(H,81,95)(H,82,97)(H,83,94)(H,84,93)(H,100,101)/t56-,57?,60+,61-,62-,65+,68+,69?/m0/s1. The Bertz CT molecular complexity index is 3200. The quantitative estimate of drug-likeness (QED) is 0.0167. The molecule has 1 fully saturated rings. The summed E-state index contributed by atoms with van der Waals surface area (Å²) < 4.78 is 60.1. The smallest absolute Gasteiger partial charge is 0.306 e. The summed E-state index contributed by atoms with van der Waals surface area (Å²) in [6.07, 6.45) is 3.49. The number of unbranched alkanes of at least 4 members (excludes halogenated alkanes) is 2. The van der Waals surface area contributed by atoms with E-state index >= 15 is 0 Å². The highest BCUT2D eigenvalue weighted by molar-refractivity contribution is 8.00. The van der Waals surface area contributed by atoms with Gasteiger partial charge < -0.3 is 88.5 Å². The minimum atomic E-state index is -1.11. The number of phenols is 1. The Morgan fingerprint density at radius 3 is 1.77 bits per heavy atom. The molecule has 114 heavy (non-hydrogen) atoms. The number of hydrogen-bond donors (Lipinski definition) is 6. The average molecular weight is 1650 g/mol. The van der Waals surface area contributed by atoms with Gasteiger partial charge in [-0.1, -0.05) is 47.1 Å². The van der Waals surface area contributed by atoms with Gasteiger partial charge in [0, 0.05) is 95.6 Å². The summed E-state index contributed by atoms with van der Waals surface area (Å²) in [5.41, 5.74) is -0.261. The van der Waals surface area contributed by atoms with Crippen molar-refractivity contribution in [2.45, 2.75) is 194 Å². The number of ketones is 2. The van der Waals surface area contributed by atoms with Gasteiger partial charge in [0.2, 0.25) is 35.4 Å². The Kier molecular flexibility index (Phi) is 51.9. The van der Waals surface area contributed by atoms with E-state index in [2.05, 4.69) is 26.3 Å². The molecule has 1 aliphatic rings. The van der Waals surface area contributed by atoms with E-state index in [0.717, 1.165) is 16.2 Å². The van der Waals surface area contributed by atoms with Crippen molar-refractivity contribution in [2.75, 3.05) is 178 Å². The lowest BCUT2D eigenvalue weighted by Gasteiger charge is -2.39. The molecule has 1 aromatic carbocycles. The number of nitrogens with zero attached hydrogens (tertiary/aromatic N) is 4. The number of benzene rings is 1. The molecule has 2 unspecified atom stereocenters. The highest BCUT2D eigenvalue weighted by atomic mass is 32.2. The summed E-state index contributed by atoms with van der Waals surface area (Å²) >= 11 is 2.38. The SMILES string of the molecule is CC[C@H](C)[C@H](CC(=O)C(C)(C)N(C)C)C(=O)N(CC)[C@H](C[C@@H](OC(C)=O)c1nc(C(=O)N[C@@H](Cc2ccc(O)c(NC(=O)CCCCC(=O)[C@H](CCCCNC(=O)COCCOCCOCCOCCOCCOCCOCCOCCOCCOC)NC(=O)CCCN3C(=O)CC(SC)C3=O)c2)CC(C)C(=O)O)cs1)C(C)C. The van der Waals surface area contributed by atoms with Crippen LogP contribution in [0.1, 0.15) is 179 Å². The summed E-state index contributed by atoms with van der Waals surface area (Å²) in [5.74, 6) is -6.79. The van der Waals surface area contributed by atoms with Crippen LogP contribution in [0.15, 0.2) is 23.6 Å². The first-order chi connectivity index (χ1) is 54.5. The Morgan fingerprint density at radius 1 is 0.711 bits per heavy atom. The molecule has 1 aliphatic heterocycles. The number of aromatic hydroxyl groups is 1. The number of Topliss-reactive ketones (excluding diaryl/α,β-unsaturated/α-hetero) is 2. The second-order valence-electron chi connectivity index (χ2n) is 29.2. The van der Waals surface area contributed by atoms with Crippen molar-refractivity contribution >= 4 is 93.6 Å². The Balaban J connectivity index is 1.50. The number of aromatic nitrogens is 1. The van der Waals surface area contributed by atoms with E-state index in [1.54, 1.807) is 24.3 Å². The fourth-order valence-corrected chi connectivity index (χ4v) is 13.6. The number of aliphatic carboxylic acids is 1. The van der Waals surface area contributed by atoms with Crippen molar-refractivity contribution in [2.24, 2.45) is 23.7 Å². The Hall–Kier alpha value is -6.67. The molecule has 8 atom stereocenters. The van der Waals surface area contributed by atoms with Crippen LogP contribution in [0.25, 0.3) is 0 Å². The first kappa shape index (κ1) is 102. The van der Waals surface area contributed by atoms with E-state index in [9.17, 15) is 63.0 Å². The Morgan fingerprint density at radius 2 is 1.26 bits per heavy atom. The van der Waals surface area contributed by atoms with E-state index in [1.165, 1.54) is 43.1 Å². The van der Waals surface area contributed by atoms with Crippen LogP contribution in [-0.2, 0) is 106 Å². The van der Waals surface area contributed by atoms with Gasteiger partial charge in [0.15, 0.2) is 17.7 Å². The zero-order valence-corrected chi connectivity index (χ0v) is 71.3. The molecule has 32 nitrogen and oxygen atoms in total. The largest absolute Gasteiger partial charge is 0.506 e. The number of rotatable bonds is 68. The van der Waals surface area contributed by atoms with Crippen LogP contribution < -0.4 is 21.3 Å². The number of thioether (sulfide) groups is 1. The number of amides is 7. The predicted octanol–water partition coefficient (Wildman–Crippen LogP) is 7.04. The van der Waals surface area contributed by atoms with Crippen LogP contribution >= 0.6 is 23.1 Å². The molecular formula is C80H132N8O24S2. The van der Waals surface area contributed by atoms with E-state index < -0.39 is 76.5 Å². The molecule has 6 N–H and O–H groups in total. The third kappa shape index (κ3) is 40.5. The lowest BCUT2D eigenvalue weighted by Crippen LogP contribution is -2.51. The number of carboxylic acids is 1. The number of hydrogen-bond acceptors (Lipinski definition) is 27. The number of nitrogens with one attached hydrogen (secondary N) is 4. The van der Waals surface area contributed by atoms with Crippen LogP contribution in [0.4, 0.5) is 5.69 Å². The summed E-state index contributed by atoms with van der Waals surface area (Å²) in [6, 6.07) is 2.27. The van der Waals surface area contributed by atoms with Gasteiger partial charge in [-0.15, -0.1) is 11.3 Å². The molecule has 1 saturated heterocycles. The lowest BCUT2D eigenvalue weighted by atomic mass is 9.81. The third-order valence-electron chi connectivity index (χ3n) is 19.6. The van der Waals surface area contributed by atoms with Gasteiger partial charge in [0.05, 0.1) is 147 Å². The van der Waals surface area contributed by atoms with Gasteiger partial charge in [-0.3, -0.25) is 62.5 Å². The van der Waals surface area contributed by atoms with E-state index in [-0.39, 0.29) is 174 Å². The first-order valence-electron chi connectivity index (χ1n) is 39.9. The van der Waals surface area contributed by atoms with Crippen LogP contribution in [0, 0.1) is 23.7 Å². The topological polar surface area (TPSA) is 400 Å². The number of carbonyl (C=O) groups excluding carboxylic acids is 10. The molecule has 0 bridgehead atoms. The molecule has 0 saturated carbocycles. The van der Waals surface area contributed by atoms with E-state index in [4.69, 9.17) is 52.1 Å². The van der Waals surface area contributed by atoms with Crippen molar-refractivity contribution in [3.8, 4) is 5.75 Å². The molecule has 2 heterocycles. The van der Waals surface area contributed by atoms with Gasteiger partial charge >= 0.3 is 11.9 Å². The number of carboxylic acid groups (broad SMARTS) is 1. The molecule has 34 heteroatoms. The number of anilines is 1.